The van der Waals surface area contributed by atoms with E-state index in [1.165, 1.54) is 18.2 Å². The highest BCUT2D eigenvalue weighted by Crippen LogP contribution is 2.25. The summed E-state index contributed by atoms with van der Waals surface area (Å²) in [5.41, 5.74) is -0.141. The van der Waals surface area contributed by atoms with Gasteiger partial charge in [-0.25, -0.2) is 0 Å². The van der Waals surface area contributed by atoms with Gasteiger partial charge >= 0.3 is 0 Å². The van der Waals surface area contributed by atoms with Crippen LogP contribution in [-0.2, 0) is 0 Å². The fraction of sp³-hybridized carbons (Fsp3) is 0.462. The van der Waals surface area contributed by atoms with E-state index in [9.17, 15) is 14.9 Å². The maximum absolute atomic E-state index is 12.0. The number of nitro groups is 1. The van der Waals surface area contributed by atoms with Crippen molar-refractivity contribution in [3.05, 3.63) is 38.3 Å². The predicted molar refractivity (Wildman–Crippen MR) is 78.6 cm³/mol. The van der Waals surface area contributed by atoms with Gasteiger partial charge in [0.2, 0.25) is 0 Å². The van der Waals surface area contributed by atoms with Crippen LogP contribution in [0.3, 0.4) is 0 Å². The lowest BCUT2D eigenvalue weighted by Gasteiger charge is -2.23. The van der Waals surface area contributed by atoms with E-state index in [0.29, 0.717) is 17.4 Å². The molecule has 7 heteroatoms. The van der Waals surface area contributed by atoms with E-state index in [4.69, 9.17) is 5.11 Å². The second-order valence-corrected chi connectivity index (χ2v) is 6.10. The third kappa shape index (κ3) is 4.57. The molecule has 0 fully saturated rings. The Morgan fingerprint density at radius 2 is 2.15 bits per heavy atom. The van der Waals surface area contributed by atoms with Gasteiger partial charge in [0.15, 0.2) is 0 Å². The number of halogens is 1. The van der Waals surface area contributed by atoms with E-state index < -0.39 is 4.92 Å². The summed E-state index contributed by atoms with van der Waals surface area (Å²) in [5, 5.41) is 22.5. The van der Waals surface area contributed by atoms with Crippen LogP contribution in [0, 0.1) is 15.5 Å². The maximum atomic E-state index is 12.0. The minimum atomic E-state index is -0.545. The number of aliphatic hydroxyl groups excluding tert-OH is 1. The van der Waals surface area contributed by atoms with Crippen molar-refractivity contribution in [3.8, 4) is 0 Å². The largest absolute Gasteiger partial charge is 0.396 e. The zero-order valence-corrected chi connectivity index (χ0v) is 12.9. The highest BCUT2D eigenvalue weighted by atomic mass is 79.9. The van der Waals surface area contributed by atoms with Crippen LogP contribution in [0.4, 0.5) is 5.69 Å². The Morgan fingerprint density at radius 3 is 2.70 bits per heavy atom. The van der Waals surface area contributed by atoms with Crippen LogP contribution < -0.4 is 5.32 Å². The van der Waals surface area contributed by atoms with Gasteiger partial charge in [-0.15, -0.1) is 0 Å². The first kappa shape index (κ1) is 16.6. The number of carbonyl (C=O) groups is 1. The molecular weight excluding hydrogens is 328 g/mol. The fourth-order valence-electron chi connectivity index (χ4n) is 1.61. The second kappa shape index (κ2) is 6.81. The van der Waals surface area contributed by atoms with Gasteiger partial charge in [-0.3, -0.25) is 14.9 Å². The van der Waals surface area contributed by atoms with E-state index in [2.05, 4.69) is 21.2 Å². The summed E-state index contributed by atoms with van der Waals surface area (Å²) in [4.78, 5) is 22.2. The molecule has 0 radical (unpaired) electrons. The molecule has 1 aromatic rings. The molecule has 0 aromatic heterocycles. The monoisotopic (exact) mass is 344 g/mol. The fourth-order valence-corrected chi connectivity index (χ4v) is 2.00. The van der Waals surface area contributed by atoms with E-state index >= 15 is 0 Å². The highest BCUT2D eigenvalue weighted by Gasteiger charge is 2.20. The molecule has 0 aliphatic carbocycles. The molecule has 0 aliphatic rings. The molecule has 1 rings (SSSR count). The number of amides is 1. The molecule has 0 spiro atoms. The quantitative estimate of drug-likeness (QED) is 0.612. The normalized spacial score (nSPS) is 11.2. The van der Waals surface area contributed by atoms with Gasteiger partial charge in [0.05, 0.1) is 9.40 Å². The summed E-state index contributed by atoms with van der Waals surface area (Å²) in [6.07, 6.45) is 0.563. The van der Waals surface area contributed by atoms with Crippen LogP contribution in [0.2, 0.25) is 0 Å². The zero-order chi connectivity index (χ0) is 15.3. The highest BCUT2D eigenvalue weighted by molar-refractivity contribution is 9.10. The van der Waals surface area contributed by atoms with Gasteiger partial charge < -0.3 is 10.4 Å². The summed E-state index contributed by atoms with van der Waals surface area (Å²) in [6, 6.07) is 4.23. The lowest BCUT2D eigenvalue weighted by atomic mass is 9.89. The Balaban J connectivity index is 2.78. The van der Waals surface area contributed by atoms with Crippen LogP contribution in [0.1, 0.15) is 30.6 Å². The van der Waals surface area contributed by atoms with Crippen molar-refractivity contribution in [1.29, 1.82) is 0 Å². The molecule has 0 aliphatic heterocycles. The van der Waals surface area contributed by atoms with Crippen LogP contribution in [0.25, 0.3) is 0 Å². The summed E-state index contributed by atoms with van der Waals surface area (Å²) < 4.78 is 0.333. The molecule has 6 nitrogen and oxygen atoms in total. The van der Waals surface area contributed by atoms with Crippen molar-refractivity contribution in [2.24, 2.45) is 5.41 Å². The standard InChI is InChI=1S/C13H17BrN2O4/c1-13(2,5-6-17)8-15-12(18)9-3-4-10(14)11(7-9)16(19)20/h3-4,7,17H,5-6,8H2,1-2H3,(H,15,18). The second-order valence-electron chi connectivity index (χ2n) is 5.24. The third-order valence-corrected chi connectivity index (χ3v) is 3.59. The van der Waals surface area contributed by atoms with Crippen LogP contribution in [0.15, 0.2) is 22.7 Å². The maximum Gasteiger partial charge on any atom is 0.284 e. The Kier molecular flexibility index (Phi) is 5.64. The van der Waals surface area contributed by atoms with Gasteiger partial charge in [0.25, 0.3) is 11.6 Å². The van der Waals surface area contributed by atoms with Crippen molar-refractivity contribution in [1.82, 2.24) is 5.32 Å². The Hall–Kier alpha value is -1.47. The number of hydrogen-bond donors (Lipinski definition) is 2. The molecule has 0 atom stereocenters. The van der Waals surface area contributed by atoms with Crippen LogP contribution in [0.5, 0.6) is 0 Å². The van der Waals surface area contributed by atoms with E-state index in [1.807, 2.05) is 13.8 Å². The number of carbonyl (C=O) groups excluding carboxylic acids is 1. The number of nitrogens with one attached hydrogen (secondary N) is 1. The minimum Gasteiger partial charge on any atom is -0.396 e. The van der Waals surface area contributed by atoms with Crippen molar-refractivity contribution in [2.45, 2.75) is 20.3 Å². The number of rotatable bonds is 6. The van der Waals surface area contributed by atoms with Crippen molar-refractivity contribution in [3.63, 3.8) is 0 Å². The molecule has 20 heavy (non-hydrogen) atoms. The first-order valence-electron chi connectivity index (χ1n) is 6.10. The predicted octanol–water partition coefficient (Wildman–Crippen LogP) is 2.50. The molecule has 110 valence electrons. The van der Waals surface area contributed by atoms with Crippen molar-refractivity contribution < 1.29 is 14.8 Å². The lowest BCUT2D eigenvalue weighted by molar-refractivity contribution is -0.385. The first-order valence-corrected chi connectivity index (χ1v) is 6.89. The van der Waals surface area contributed by atoms with Gasteiger partial charge in [-0.1, -0.05) is 13.8 Å². The molecule has 0 saturated carbocycles. The minimum absolute atomic E-state index is 0.0482. The average Bonchev–Trinajstić information content (AvgIpc) is 2.36. The Labute approximate surface area is 125 Å². The smallest absolute Gasteiger partial charge is 0.284 e. The zero-order valence-electron chi connectivity index (χ0n) is 11.4. The van der Waals surface area contributed by atoms with Crippen LogP contribution in [-0.4, -0.2) is 29.1 Å². The molecule has 1 amide bonds. The molecule has 0 unspecified atom stereocenters. The molecule has 0 saturated heterocycles. The van der Waals surface area contributed by atoms with Gasteiger partial charge in [0, 0.05) is 24.8 Å². The van der Waals surface area contributed by atoms with E-state index in [-0.39, 0.29) is 29.2 Å². The van der Waals surface area contributed by atoms with Crippen molar-refractivity contribution in [2.75, 3.05) is 13.2 Å². The number of benzene rings is 1. The number of nitrogens with zero attached hydrogens (tertiary/aromatic N) is 1. The number of aliphatic hydroxyl groups is 1. The van der Waals surface area contributed by atoms with E-state index in [1.54, 1.807) is 0 Å². The van der Waals surface area contributed by atoms with Gasteiger partial charge in [-0.05, 0) is 39.9 Å². The lowest BCUT2D eigenvalue weighted by Crippen LogP contribution is -2.34. The molecule has 0 bridgehead atoms. The van der Waals surface area contributed by atoms with Crippen molar-refractivity contribution >= 4 is 27.5 Å². The molecule has 1 aromatic carbocycles. The average molecular weight is 345 g/mol. The summed E-state index contributed by atoms with van der Waals surface area (Å²) in [7, 11) is 0. The summed E-state index contributed by atoms with van der Waals surface area (Å²) in [5.74, 6) is -0.369. The topological polar surface area (TPSA) is 92.5 Å². The summed E-state index contributed by atoms with van der Waals surface area (Å²) in [6.45, 7) is 4.28. The van der Waals surface area contributed by atoms with Gasteiger partial charge in [-0.2, -0.15) is 0 Å². The summed E-state index contributed by atoms with van der Waals surface area (Å²) >= 11 is 3.07. The SMILES string of the molecule is CC(C)(CCO)CNC(=O)c1ccc(Br)c([N+](=O)[O-])c1. The van der Waals surface area contributed by atoms with Gasteiger partial charge in [0.1, 0.15) is 0 Å². The molecule has 2 N–H and O–H groups in total. The first-order chi connectivity index (χ1) is 9.26. The van der Waals surface area contributed by atoms with Crippen LogP contribution >= 0.6 is 15.9 Å². The Morgan fingerprint density at radius 1 is 1.50 bits per heavy atom. The van der Waals surface area contributed by atoms with E-state index in [0.717, 1.165) is 0 Å². The molecule has 0 heterocycles. The molecular formula is C13H17BrN2O4. The number of nitro benzene ring substituents is 1. The Bertz CT molecular complexity index is 517. The number of hydrogen-bond acceptors (Lipinski definition) is 4. The third-order valence-electron chi connectivity index (χ3n) is 2.92.